The number of esters is 1. The molecule has 2 aliphatic rings. The zero-order valence-corrected chi connectivity index (χ0v) is 14.9. The molecule has 0 aromatic heterocycles. The molecular weight excluding hydrogens is 342 g/mol. The molecule has 0 spiro atoms. The Labute approximate surface area is 150 Å². The van der Waals surface area contributed by atoms with Crippen molar-refractivity contribution in [2.45, 2.75) is 45.8 Å². The highest BCUT2D eigenvalue weighted by Gasteiger charge is 2.50. The number of urea groups is 1. The number of hydrogen-bond acceptors (Lipinski definition) is 6. The van der Waals surface area contributed by atoms with Gasteiger partial charge in [-0.05, 0) is 25.7 Å². The lowest BCUT2D eigenvalue weighted by molar-refractivity contribution is -0.166. The SMILES string of the molecule is CC(C)[C@@H](OC(=O)[C@H](C)N1C(=O)[C@H]2CC=CC[C@H]2C1=O)C(=O)NC(N)=O. The summed E-state index contributed by atoms with van der Waals surface area (Å²) >= 11 is 0. The van der Waals surface area contributed by atoms with Crippen LogP contribution in [0.25, 0.3) is 0 Å². The van der Waals surface area contributed by atoms with Gasteiger partial charge in [-0.15, -0.1) is 0 Å². The normalized spacial score (nSPS) is 24.2. The van der Waals surface area contributed by atoms with Gasteiger partial charge in [-0.2, -0.15) is 0 Å². The summed E-state index contributed by atoms with van der Waals surface area (Å²) in [6, 6.07) is -2.23. The molecule has 9 nitrogen and oxygen atoms in total. The van der Waals surface area contributed by atoms with E-state index in [2.05, 4.69) is 0 Å². The lowest BCUT2D eigenvalue weighted by atomic mass is 9.85. The third-order valence-corrected chi connectivity index (χ3v) is 4.62. The van der Waals surface area contributed by atoms with E-state index in [-0.39, 0.29) is 0 Å². The summed E-state index contributed by atoms with van der Waals surface area (Å²) in [4.78, 5) is 61.2. The number of primary amides is 1. The van der Waals surface area contributed by atoms with E-state index in [1.54, 1.807) is 13.8 Å². The maximum Gasteiger partial charge on any atom is 0.329 e. The fourth-order valence-corrected chi connectivity index (χ4v) is 3.22. The van der Waals surface area contributed by atoms with E-state index in [9.17, 15) is 24.0 Å². The van der Waals surface area contributed by atoms with Gasteiger partial charge < -0.3 is 10.5 Å². The van der Waals surface area contributed by atoms with Crippen molar-refractivity contribution in [2.24, 2.45) is 23.5 Å². The Hall–Kier alpha value is -2.71. The molecule has 26 heavy (non-hydrogen) atoms. The van der Waals surface area contributed by atoms with Crippen molar-refractivity contribution in [3.8, 4) is 0 Å². The minimum absolute atomic E-state index is 0.406. The van der Waals surface area contributed by atoms with Crippen LogP contribution < -0.4 is 11.1 Å². The van der Waals surface area contributed by atoms with Crippen LogP contribution in [-0.2, 0) is 23.9 Å². The minimum atomic E-state index is -1.27. The number of amides is 5. The van der Waals surface area contributed by atoms with Crippen LogP contribution in [0.5, 0.6) is 0 Å². The van der Waals surface area contributed by atoms with Crippen molar-refractivity contribution in [1.82, 2.24) is 10.2 Å². The first-order chi connectivity index (χ1) is 12.1. The molecule has 1 heterocycles. The van der Waals surface area contributed by atoms with Crippen LogP contribution in [0.15, 0.2) is 12.2 Å². The molecule has 0 saturated carbocycles. The van der Waals surface area contributed by atoms with Gasteiger partial charge in [0.15, 0.2) is 6.10 Å². The van der Waals surface area contributed by atoms with Gasteiger partial charge in [0.05, 0.1) is 11.8 Å². The monoisotopic (exact) mass is 365 g/mol. The topological polar surface area (TPSA) is 136 Å². The average Bonchev–Trinajstić information content (AvgIpc) is 2.82. The molecule has 1 fully saturated rings. The van der Waals surface area contributed by atoms with Gasteiger partial charge in [0, 0.05) is 0 Å². The summed E-state index contributed by atoms with van der Waals surface area (Å²) < 4.78 is 5.18. The second-order valence-electron chi connectivity index (χ2n) is 6.83. The zero-order chi connectivity index (χ0) is 19.6. The van der Waals surface area contributed by atoms with E-state index in [4.69, 9.17) is 10.5 Å². The van der Waals surface area contributed by atoms with E-state index in [1.165, 1.54) is 6.92 Å². The molecule has 0 radical (unpaired) electrons. The number of ether oxygens (including phenoxy) is 1. The first-order valence-corrected chi connectivity index (χ1v) is 8.47. The van der Waals surface area contributed by atoms with Crippen LogP contribution in [0.1, 0.15) is 33.6 Å². The molecule has 0 aromatic carbocycles. The minimum Gasteiger partial charge on any atom is -0.450 e. The van der Waals surface area contributed by atoms with Gasteiger partial charge in [0.25, 0.3) is 5.91 Å². The maximum absolute atomic E-state index is 12.5. The molecule has 0 bridgehead atoms. The van der Waals surface area contributed by atoms with E-state index in [0.29, 0.717) is 12.8 Å². The van der Waals surface area contributed by atoms with Crippen molar-refractivity contribution < 1.29 is 28.7 Å². The number of carbonyl (C=O) groups is 5. The standard InChI is InChI=1S/C17H23N3O6/c1-8(2)12(13(21)19-17(18)25)26-16(24)9(3)20-14(22)10-6-4-5-7-11(10)15(20)23/h4-5,8-12H,6-7H2,1-3H3,(H3,18,19,21,25)/t9-,10-,11+,12+/m0/s1. The Morgan fingerprint density at radius 3 is 2.04 bits per heavy atom. The number of allylic oxidation sites excluding steroid dienone is 2. The number of fused-ring (bicyclic) bond motifs is 1. The quantitative estimate of drug-likeness (QED) is 0.402. The summed E-state index contributed by atoms with van der Waals surface area (Å²) in [6.07, 6.45) is 3.35. The molecule has 4 atom stereocenters. The summed E-state index contributed by atoms with van der Waals surface area (Å²) in [5.74, 6) is -3.92. The Bertz CT molecular complexity index is 645. The Balaban J connectivity index is 2.11. The number of nitrogens with one attached hydrogen (secondary N) is 1. The van der Waals surface area contributed by atoms with E-state index in [0.717, 1.165) is 4.90 Å². The average molecular weight is 365 g/mol. The number of nitrogens with two attached hydrogens (primary N) is 1. The molecule has 5 amide bonds. The molecule has 3 N–H and O–H groups in total. The highest BCUT2D eigenvalue weighted by molar-refractivity contribution is 6.08. The lowest BCUT2D eigenvalue weighted by Gasteiger charge is -2.25. The second-order valence-corrected chi connectivity index (χ2v) is 6.83. The van der Waals surface area contributed by atoms with E-state index in [1.807, 2.05) is 17.5 Å². The summed E-state index contributed by atoms with van der Waals surface area (Å²) in [7, 11) is 0. The van der Waals surface area contributed by atoms with E-state index >= 15 is 0 Å². The first-order valence-electron chi connectivity index (χ1n) is 8.47. The molecule has 1 saturated heterocycles. The Morgan fingerprint density at radius 2 is 1.62 bits per heavy atom. The van der Waals surface area contributed by atoms with Gasteiger partial charge in [-0.1, -0.05) is 26.0 Å². The van der Waals surface area contributed by atoms with Crippen LogP contribution in [0.4, 0.5) is 4.79 Å². The zero-order valence-electron chi connectivity index (χ0n) is 14.9. The van der Waals surface area contributed by atoms with Crippen LogP contribution in [0, 0.1) is 17.8 Å². The highest BCUT2D eigenvalue weighted by Crippen LogP contribution is 2.36. The van der Waals surface area contributed by atoms with Crippen LogP contribution >= 0.6 is 0 Å². The Kier molecular flexibility index (Phi) is 5.79. The largest absolute Gasteiger partial charge is 0.450 e. The number of imide groups is 2. The smallest absolute Gasteiger partial charge is 0.329 e. The number of likely N-dealkylation sites (tertiary alicyclic amines) is 1. The van der Waals surface area contributed by atoms with Crippen molar-refractivity contribution >= 4 is 29.7 Å². The number of hydrogen-bond donors (Lipinski definition) is 2. The third kappa shape index (κ3) is 3.76. The van der Waals surface area contributed by atoms with E-state index < -0.39 is 59.6 Å². The molecule has 2 rings (SSSR count). The van der Waals surface area contributed by atoms with Crippen LogP contribution in [-0.4, -0.2) is 46.8 Å². The molecule has 9 heteroatoms. The predicted octanol–water partition coefficient (Wildman–Crippen LogP) is 0.0888. The fourth-order valence-electron chi connectivity index (χ4n) is 3.22. The van der Waals surface area contributed by atoms with Gasteiger partial charge in [0.1, 0.15) is 6.04 Å². The predicted molar refractivity (Wildman–Crippen MR) is 89.1 cm³/mol. The Morgan fingerprint density at radius 1 is 1.12 bits per heavy atom. The fraction of sp³-hybridized carbons (Fsp3) is 0.588. The van der Waals surface area contributed by atoms with Crippen molar-refractivity contribution in [3.63, 3.8) is 0 Å². The summed E-state index contributed by atoms with van der Waals surface area (Å²) in [5.41, 5.74) is 4.91. The summed E-state index contributed by atoms with van der Waals surface area (Å²) in [6.45, 7) is 4.62. The highest BCUT2D eigenvalue weighted by atomic mass is 16.6. The first kappa shape index (κ1) is 19.6. The van der Waals surface area contributed by atoms with Gasteiger partial charge >= 0.3 is 12.0 Å². The van der Waals surface area contributed by atoms with Gasteiger partial charge in [-0.3, -0.25) is 24.6 Å². The van der Waals surface area contributed by atoms with Gasteiger partial charge in [0.2, 0.25) is 11.8 Å². The van der Waals surface area contributed by atoms with Crippen molar-refractivity contribution in [2.75, 3.05) is 0 Å². The number of rotatable bonds is 5. The molecule has 1 aliphatic carbocycles. The molecule has 1 aliphatic heterocycles. The maximum atomic E-state index is 12.5. The van der Waals surface area contributed by atoms with Gasteiger partial charge in [-0.25, -0.2) is 9.59 Å². The van der Waals surface area contributed by atoms with Crippen molar-refractivity contribution in [1.29, 1.82) is 0 Å². The molecular formula is C17H23N3O6. The summed E-state index contributed by atoms with van der Waals surface area (Å²) in [5, 5.41) is 1.86. The molecule has 0 aromatic rings. The van der Waals surface area contributed by atoms with Crippen molar-refractivity contribution in [3.05, 3.63) is 12.2 Å². The molecule has 142 valence electrons. The number of carbonyl (C=O) groups excluding carboxylic acids is 5. The second kappa shape index (κ2) is 7.67. The van der Waals surface area contributed by atoms with Crippen LogP contribution in [0.3, 0.4) is 0 Å². The van der Waals surface area contributed by atoms with Crippen LogP contribution in [0.2, 0.25) is 0 Å². The third-order valence-electron chi connectivity index (χ3n) is 4.62. The number of nitrogens with zero attached hydrogens (tertiary/aromatic N) is 1. The lowest BCUT2D eigenvalue weighted by Crippen LogP contribution is -2.49. The molecule has 0 unspecified atom stereocenters.